The van der Waals surface area contributed by atoms with Crippen LogP contribution >= 0.6 is 0 Å². The molecule has 0 spiro atoms. The second kappa shape index (κ2) is 4.09. The maximum atomic E-state index is 10.2. The van der Waals surface area contributed by atoms with Gasteiger partial charge >= 0.3 is 0 Å². The van der Waals surface area contributed by atoms with E-state index in [1.807, 2.05) is 0 Å². The molecule has 1 unspecified atom stereocenters. The van der Waals surface area contributed by atoms with Gasteiger partial charge in [0, 0.05) is 0 Å². The van der Waals surface area contributed by atoms with E-state index in [0.717, 1.165) is 18.4 Å². The molecule has 0 bridgehead atoms. The third-order valence-electron chi connectivity index (χ3n) is 4.82. The molecule has 1 N–H and O–H groups in total. The van der Waals surface area contributed by atoms with Crippen LogP contribution in [0.4, 0.5) is 0 Å². The van der Waals surface area contributed by atoms with Crippen molar-refractivity contribution in [3.05, 3.63) is 35.4 Å². The Bertz CT molecular complexity index is 443. The van der Waals surface area contributed by atoms with Gasteiger partial charge in [0.25, 0.3) is 0 Å². The second-order valence-corrected chi connectivity index (χ2v) is 7.11. The van der Waals surface area contributed by atoms with Crippen LogP contribution in [0.5, 0.6) is 0 Å². The first-order valence-electron chi connectivity index (χ1n) is 7.31. The van der Waals surface area contributed by atoms with Crippen molar-refractivity contribution in [3.8, 4) is 0 Å². The van der Waals surface area contributed by atoms with Crippen LogP contribution in [-0.4, -0.2) is 5.11 Å². The van der Waals surface area contributed by atoms with Crippen LogP contribution in [0.15, 0.2) is 24.3 Å². The lowest BCUT2D eigenvalue weighted by Crippen LogP contribution is -2.21. The first kappa shape index (κ1) is 12.2. The van der Waals surface area contributed by atoms with Crippen molar-refractivity contribution in [2.24, 2.45) is 5.41 Å². The van der Waals surface area contributed by atoms with E-state index in [1.54, 1.807) is 0 Å². The molecular weight excluding hydrogens is 220 g/mol. The van der Waals surface area contributed by atoms with Crippen molar-refractivity contribution >= 4 is 0 Å². The highest BCUT2D eigenvalue weighted by molar-refractivity contribution is 5.33. The van der Waals surface area contributed by atoms with Gasteiger partial charge in [0.15, 0.2) is 0 Å². The Morgan fingerprint density at radius 3 is 2.61 bits per heavy atom. The largest absolute Gasteiger partial charge is 0.385 e. The molecule has 1 heteroatoms. The van der Waals surface area contributed by atoms with Crippen molar-refractivity contribution in [2.45, 2.75) is 63.9 Å². The predicted octanol–water partition coefficient (Wildman–Crippen LogP) is 4.35. The van der Waals surface area contributed by atoms with Crippen molar-refractivity contribution in [3.63, 3.8) is 0 Å². The maximum absolute atomic E-state index is 10.2. The fourth-order valence-electron chi connectivity index (χ4n) is 3.47. The minimum Gasteiger partial charge on any atom is -0.385 e. The van der Waals surface area contributed by atoms with Gasteiger partial charge in [0.05, 0.1) is 5.60 Å². The third kappa shape index (κ3) is 2.33. The Kier molecular flexibility index (Phi) is 2.78. The average molecular weight is 244 g/mol. The summed E-state index contributed by atoms with van der Waals surface area (Å²) in [5.41, 5.74) is 2.58. The molecule has 1 nitrogen and oxygen atoms in total. The molecule has 0 saturated heterocycles. The van der Waals surface area contributed by atoms with Crippen LogP contribution in [0.3, 0.4) is 0 Å². The summed E-state index contributed by atoms with van der Waals surface area (Å²) in [4.78, 5) is 0. The first-order valence-corrected chi connectivity index (χ1v) is 7.31. The molecule has 2 fully saturated rings. The minimum atomic E-state index is -0.486. The van der Waals surface area contributed by atoms with Gasteiger partial charge in [-0.1, -0.05) is 44.5 Å². The van der Waals surface area contributed by atoms with Gasteiger partial charge in [-0.05, 0) is 54.6 Å². The summed E-state index contributed by atoms with van der Waals surface area (Å²) in [5, 5.41) is 10.2. The summed E-state index contributed by atoms with van der Waals surface area (Å²) >= 11 is 0. The number of rotatable bonds is 2. The molecule has 0 aliphatic heterocycles. The van der Waals surface area contributed by atoms with Crippen LogP contribution in [0.1, 0.15) is 69.4 Å². The van der Waals surface area contributed by atoms with E-state index in [0.29, 0.717) is 11.3 Å². The Morgan fingerprint density at radius 1 is 1.17 bits per heavy atom. The van der Waals surface area contributed by atoms with Crippen LogP contribution in [-0.2, 0) is 5.60 Å². The van der Waals surface area contributed by atoms with Crippen LogP contribution in [0.2, 0.25) is 0 Å². The molecule has 2 saturated carbocycles. The predicted molar refractivity (Wildman–Crippen MR) is 74.6 cm³/mol. The highest BCUT2D eigenvalue weighted by atomic mass is 16.3. The second-order valence-electron chi connectivity index (χ2n) is 7.11. The number of hydrogen-bond acceptors (Lipinski definition) is 1. The third-order valence-corrected chi connectivity index (χ3v) is 4.82. The molecular formula is C17H24O. The first-order chi connectivity index (χ1) is 8.49. The Hall–Kier alpha value is -0.820. The van der Waals surface area contributed by atoms with Gasteiger partial charge in [-0.25, -0.2) is 0 Å². The summed E-state index contributed by atoms with van der Waals surface area (Å²) in [7, 11) is 0. The number of aliphatic hydroxyl groups is 1. The van der Waals surface area contributed by atoms with Gasteiger partial charge in [0.1, 0.15) is 0 Å². The van der Waals surface area contributed by atoms with Gasteiger partial charge < -0.3 is 5.11 Å². The SMILES string of the molecule is CC1(C)CCCC(c2cccc(C3(O)CC3)c2)C1. The zero-order valence-corrected chi connectivity index (χ0v) is 11.6. The molecule has 0 heterocycles. The highest BCUT2D eigenvalue weighted by Gasteiger charge is 2.42. The maximum Gasteiger partial charge on any atom is 0.0899 e. The minimum absolute atomic E-state index is 0.482. The smallest absolute Gasteiger partial charge is 0.0899 e. The quantitative estimate of drug-likeness (QED) is 0.820. The van der Waals surface area contributed by atoms with Crippen LogP contribution in [0, 0.1) is 5.41 Å². The van der Waals surface area contributed by atoms with Crippen LogP contribution in [0.25, 0.3) is 0 Å². The fraction of sp³-hybridized carbons (Fsp3) is 0.647. The molecule has 18 heavy (non-hydrogen) atoms. The van der Waals surface area contributed by atoms with E-state index < -0.39 is 5.60 Å². The highest BCUT2D eigenvalue weighted by Crippen LogP contribution is 2.47. The molecule has 1 aromatic carbocycles. The van der Waals surface area contributed by atoms with Crippen LogP contribution < -0.4 is 0 Å². The summed E-state index contributed by atoms with van der Waals surface area (Å²) < 4.78 is 0. The summed E-state index contributed by atoms with van der Waals surface area (Å²) in [6.45, 7) is 4.77. The van der Waals surface area contributed by atoms with E-state index in [1.165, 1.54) is 31.2 Å². The molecule has 0 radical (unpaired) electrons. The number of benzene rings is 1. The molecule has 0 amide bonds. The molecule has 3 rings (SSSR count). The molecule has 2 aliphatic carbocycles. The molecule has 1 aromatic rings. The van der Waals surface area contributed by atoms with Gasteiger partial charge in [-0.2, -0.15) is 0 Å². The topological polar surface area (TPSA) is 20.2 Å². The molecule has 1 atom stereocenters. The van der Waals surface area contributed by atoms with Gasteiger partial charge in [-0.15, -0.1) is 0 Å². The lowest BCUT2D eigenvalue weighted by molar-refractivity contribution is 0.151. The van der Waals surface area contributed by atoms with Gasteiger partial charge in [-0.3, -0.25) is 0 Å². The van der Waals surface area contributed by atoms with Crippen molar-refractivity contribution in [1.82, 2.24) is 0 Å². The average Bonchev–Trinajstić information content (AvgIpc) is 3.08. The van der Waals surface area contributed by atoms with E-state index in [2.05, 4.69) is 38.1 Å². The van der Waals surface area contributed by atoms with Gasteiger partial charge in [0.2, 0.25) is 0 Å². The van der Waals surface area contributed by atoms with E-state index in [4.69, 9.17) is 0 Å². The summed E-state index contributed by atoms with van der Waals surface area (Å²) in [5.74, 6) is 0.691. The molecule has 2 aliphatic rings. The number of hydrogen-bond donors (Lipinski definition) is 1. The molecule has 0 aromatic heterocycles. The van der Waals surface area contributed by atoms with E-state index in [9.17, 15) is 5.11 Å². The summed E-state index contributed by atoms with van der Waals surface area (Å²) in [6, 6.07) is 8.73. The fourth-order valence-corrected chi connectivity index (χ4v) is 3.47. The normalized spacial score (nSPS) is 28.9. The van der Waals surface area contributed by atoms with Crippen molar-refractivity contribution < 1.29 is 5.11 Å². The van der Waals surface area contributed by atoms with E-state index >= 15 is 0 Å². The van der Waals surface area contributed by atoms with Crippen molar-refractivity contribution in [1.29, 1.82) is 0 Å². The zero-order chi connectivity index (χ0) is 12.8. The zero-order valence-electron chi connectivity index (χ0n) is 11.6. The summed E-state index contributed by atoms with van der Waals surface area (Å²) in [6.07, 6.45) is 7.17. The standard InChI is InChI=1S/C17H24O/c1-16(2)8-4-6-14(12-16)13-5-3-7-15(11-13)17(18)9-10-17/h3,5,7,11,14,18H,4,6,8-10,12H2,1-2H3. The van der Waals surface area contributed by atoms with Crippen molar-refractivity contribution in [2.75, 3.05) is 0 Å². The Balaban J connectivity index is 1.83. The lowest BCUT2D eigenvalue weighted by atomic mass is 9.70. The monoisotopic (exact) mass is 244 g/mol. The molecule has 98 valence electrons. The van der Waals surface area contributed by atoms with E-state index in [-0.39, 0.29) is 0 Å². The Morgan fingerprint density at radius 2 is 1.94 bits per heavy atom. The Labute approximate surface area is 110 Å². The lowest BCUT2D eigenvalue weighted by Gasteiger charge is -2.35.